The Balaban J connectivity index is 2.16. The van der Waals surface area contributed by atoms with Gasteiger partial charge in [-0.05, 0) is 30.7 Å². The van der Waals surface area contributed by atoms with Crippen molar-refractivity contribution in [2.45, 2.75) is 6.92 Å². The van der Waals surface area contributed by atoms with E-state index in [2.05, 4.69) is 0 Å². The molecule has 1 aromatic carbocycles. The molecule has 1 aliphatic rings. The molecule has 0 radical (unpaired) electrons. The van der Waals surface area contributed by atoms with Crippen LogP contribution in [0.15, 0.2) is 23.1 Å². The molecule has 0 bridgehead atoms. The number of rotatable bonds is 6. The second-order valence-electron chi connectivity index (χ2n) is 4.74. The van der Waals surface area contributed by atoms with E-state index in [1.807, 2.05) is 0 Å². The van der Waals surface area contributed by atoms with Crippen LogP contribution in [-0.2, 0) is 14.3 Å². The average molecular weight is 367 g/mol. The summed E-state index contributed by atoms with van der Waals surface area (Å²) >= 11 is 6.35. The number of nitrogens with zero attached hydrogens (tertiary/aromatic N) is 1. The minimum atomic E-state index is -0.449. The van der Waals surface area contributed by atoms with Crippen LogP contribution in [0.1, 0.15) is 12.5 Å². The Morgan fingerprint density at radius 2 is 2.12 bits per heavy atom. The third-order valence-corrected chi connectivity index (χ3v) is 4.61. The molecule has 0 saturated carbocycles. The van der Waals surface area contributed by atoms with Crippen molar-refractivity contribution in [2.75, 3.05) is 27.4 Å². The monoisotopic (exact) mass is 367 g/mol. The van der Waals surface area contributed by atoms with Gasteiger partial charge in [-0.15, -0.1) is 0 Å². The topological polar surface area (TPSA) is 65.1 Å². The summed E-state index contributed by atoms with van der Waals surface area (Å²) in [5.41, 5.74) is 0.768. The maximum atomic E-state index is 12.0. The Bertz CT molecular complexity index is 702. The Morgan fingerprint density at radius 1 is 1.38 bits per heavy atom. The molecule has 0 N–H and O–H groups in total. The molecule has 24 heavy (non-hydrogen) atoms. The van der Waals surface area contributed by atoms with Crippen molar-refractivity contribution in [1.29, 1.82) is 0 Å². The molecular formula is C16H17NO5S2. The summed E-state index contributed by atoms with van der Waals surface area (Å²) in [6, 6.07) is 5.17. The van der Waals surface area contributed by atoms with Gasteiger partial charge in [-0.3, -0.25) is 9.69 Å². The van der Waals surface area contributed by atoms with E-state index in [0.717, 1.165) is 5.56 Å². The van der Waals surface area contributed by atoms with Gasteiger partial charge in [0.2, 0.25) is 0 Å². The fourth-order valence-corrected chi connectivity index (χ4v) is 3.11. The van der Waals surface area contributed by atoms with Gasteiger partial charge in [0.15, 0.2) is 18.1 Å². The molecule has 1 saturated heterocycles. The number of carbonyl (C=O) groups is 2. The van der Waals surface area contributed by atoms with E-state index < -0.39 is 5.97 Å². The normalized spacial score (nSPS) is 15.8. The lowest BCUT2D eigenvalue weighted by molar-refractivity contribution is -0.145. The fraction of sp³-hybridized carbons (Fsp3) is 0.312. The van der Waals surface area contributed by atoms with Gasteiger partial charge < -0.3 is 14.2 Å². The number of likely N-dealkylation sites (N-methyl/N-ethyl adjacent to an activating group) is 1. The number of amides is 1. The van der Waals surface area contributed by atoms with Gasteiger partial charge in [-0.25, -0.2) is 4.79 Å². The van der Waals surface area contributed by atoms with E-state index in [0.29, 0.717) is 27.3 Å². The standard InChI is InChI=1S/C16H17NO5S2/c1-4-21-14(18)9-22-11-6-5-10(7-12(11)20-3)8-13-15(19)17(2)16(23)24-13/h5-8H,4,9H2,1-3H3/b13-8+. The van der Waals surface area contributed by atoms with Crippen molar-refractivity contribution < 1.29 is 23.8 Å². The highest BCUT2D eigenvalue weighted by atomic mass is 32.2. The average Bonchev–Trinajstić information content (AvgIpc) is 2.80. The molecule has 1 aliphatic heterocycles. The summed E-state index contributed by atoms with van der Waals surface area (Å²) in [6.45, 7) is 1.83. The molecule has 1 fully saturated rings. The third kappa shape index (κ3) is 4.27. The van der Waals surface area contributed by atoms with Crippen molar-refractivity contribution in [1.82, 2.24) is 4.90 Å². The molecule has 6 nitrogen and oxygen atoms in total. The van der Waals surface area contributed by atoms with Crippen molar-refractivity contribution in [3.63, 3.8) is 0 Å². The highest BCUT2D eigenvalue weighted by molar-refractivity contribution is 8.26. The lowest BCUT2D eigenvalue weighted by Gasteiger charge is -2.11. The molecule has 0 aliphatic carbocycles. The van der Waals surface area contributed by atoms with Gasteiger partial charge in [0.1, 0.15) is 4.32 Å². The quantitative estimate of drug-likeness (QED) is 0.435. The first kappa shape index (κ1) is 18.3. The molecule has 0 unspecified atom stereocenters. The van der Waals surface area contributed by atoms with Crippen LogP contribution in [0.2, 0.25) is 0 Å². The molecular weight excluding hydrogens is 350 g/mol. The van der Waals surface area contributed by atoms with Crippen molar-refractivity contribution in [3.8, 4) is 11.5 Å². The smallest absolute Gasteiger partial charge is 0.344 e. The predicted octanol–water partition coefficient (Wildman–Crippen LogP) is 2.47. The SMILES string of the molecule is CCOC(=O)COc1ccc(/C=C2/SC(=S)N(C)C2=O)cc1OC. The minimum Gasteiger partial charge on any atom is -0.493 e. The number of thiocarbonyl (C=S) groups is 1. The van der Waals surface area contributed by atoms with E-state index in [1.54, 1.807) is 38.2 Å². The van der Waals surface area contributed by atoms with Crippen LogP contribution in [-0.4, -0.2) is 48.5 Å². The molecule has 0 atom stereocenters. The maximum absolute atomic E-state index is 12.0. The fourth-order valence-electron chi connectivity index (χ4n) is 1.93. The summed E-state index contributed by atoms with van der Waals surface area (Å²) in [5.74, 6) is 0.299. The van der Waals surface area contributed by atoms with E-state index in [-0.39, 0.29) is 12.5 Å². The lowest BCUT2D eigenvalue weighted by Crippen LogP contribution is -2.22. The first-order chi connectivity index (χ1) is 11.5. The van der Waals surface area contributed by atoms with Crippen LogP contribution < -0.4 is 9.47 Å². The van der Waals surface area contributed by atoms with Crippen LogP contribution in [0.5, 0.6) is 11.5 Å². The zero-order valence-corrected chi connectivity index (χ0v) is 15.2. The minimum absolute atomic E-state index is 0.133. The van der Waals surface area contributed by atoms with Crippen LogP contribution in [0, 0.1) is 0 Å². The van der Waals surface area contributed by atoms with Crippen molar-refractivity contribution >= 4 is 46.3 Å². The number of hydrogen-bond donors (Lipinski definition) is 0. The molecule has 128 valence electrons. The number of thioether (sulfide) groups is 1. The number of hydrogen-bond acceptors (Lipinski definition) is 7. The Hall–Kier alpha value is -2.06. The largest absolute Gasteiger partial charge is 0.493 e. The van der Waals surface area contributed by atoms with Crippen molar-refractivity contribution in [2.24, 2.45) is 0 Å². The molecule has 8 heteroatoms. The summed E-state index contributed by atoms with van der Waals surface area (Å²) in [6.07, 6.45) is 1.74. The van der Waals surface area contributed by atoms with Crippen LogP contribution >= 0.6 is 24.0 Å². The second-order valence-corrected chi connectivity index (χ2v) is 6.42. The first-order valence-corrected chi connectivity index (χ1v) is 8.36. The zero-order valence-electron chi connectivity index (χ0n) is 13.5. The molecule has 1 aromatic rings. The summed E-state index contributed by atoms with van der Waals surface area (Å²) in [5, 5.41) is 0. The second kappa shape index (κ2) is 8.16. The Labute approximate surface area is 149 Å². The van der Waals surface area contributed by atoms with E-state index in [4.69, 9.17) is 26.4 Å². The third-order valence-electron chi connectivity index (χ3n) is 3.12. The van der Waals surface area contributed by atoms with Crippen molar-refractivity contribution in [3.05, 3.63) is 28.7 Å². The molecule has 1 amide bonds. The highest BCUT2D eigenvalue weighted by Crippen LogP contribution is 2.34. The Morgan fingerprint density at radius 3 is 2.71 bits per heavy atom. The lowest BCUT2D eigenvalue weighted by atomic mass is 10.2. The first-order valence-electron chi connectivity index (χ1n) is 7.14. The van der Waals surface area contributed by atoms with Gasteiger partial charge in [-0.1, -0.05) is 30.0 Å². The van der Waals surface area contributed by atoms with Gasteiger partial charge in [0.05, 0.1) is 18.6 Å². The number of ether oxygens (including phenoxy) is 3. The highest BCUT2D eigenvalue weighted by Gasteiger charge is 2.28. The van der Waals surface area contributed by atoms with Gasteiger partial charge in [0.25, 0.3) is 5.91 Å². The number of esters is 1. The van der Waals surface area contributed by atoms with Crippen LogP contribution in [0.4, 0.5) is 0 Å². The summed E-state index contributed by atoms with van der Waals surface area (Å²) in [4.78, 5) is 25.4. The van der Waals surface area contributed by atoms with E-state index >= 15 is 0 Å². The van der Waals surface area contributed by atoms with Gasteiger partial charge in [0, 0.05) is 7.05 Å². The van der Waals surface area contributed by atoms with Gasteiger partial charge >= 0.3 is 5.97 Å². The van der Waals surface area contributed by atoms with Crippen LogP contribution in [0.25, 0.3) is 6.08 Å². The predicted molar refractivity (Wildman–Crippen MR) is 96.1 cm³/mol. The van der Waals surface area contributed by atoms with Gasteiger partial charge in [-0.2, -0.15) is 0 Å². The maximum Gasteiger partial charge on any atom is 0.344 e. The number of benzene rings is 1. The molecule has 1 heterocycles. The summed E-state index contributed by atoms with van der Waals surface area (Å²) in [7, 11) is 3.15. The number of methoxy groups -OCH3 is 1. The summed E-state index contributed by atoms with van der Waals surface area (Å²) < 4.78 is 16.0. The molecule has 0 spiro atoms. The van der Waals surface area contributed by atoms with Crippen LogP contribution in [0.3, 0.4) is 0 Å². The molecule has 0 aromatic heterocycles. The number of carbonyl (C=O) groups excluding carboxylic acids is 2. The molecule has 2 rings (SSSR count). The van der Waals surface area contributed by atoms with E-state index in [1.165, 1.54) is 23.8 Å². The van der Waals surface area contributed by atoms with E-state index in [9.17, 15) is 9.59 Å². The zero-order chi connectivity index (χ0) is 17.7. The Kier molecular flexibility index (Phi) is 6.22.